The van der Waals surface area contributed by atoms with Gasteiger partial charge in [0.05, 0.1) is 6.61 Å². The van der Waals surface area contributed by atoms with Gasteiger partial charge in [0.2, 0.25) is 0 Å². The van der Waals surface area contributed by atoms with Crippen molar-refractivity contribution < 1.29 is 9.53 Å². The molecule has 24 heavy (non-hydrogen) atoms. The molecular formula is C21H21NO2. The Morgan fingerprint density at radius 1 is 0.917 bits per heavy atom. The Morgan fingerprint density at radius 2 is 1.50 bits per heavy atom. The first-order valence-electron chi connectivity index (χ1n) is 8.22. The lowest BCUT2D eigenvalue weighted by atomic mass is 9.97. The highest BCUT2D eigenvalue weighted by Gasteiger charge is 2.19. The molecule has 0 saturated heterocycles. The number of hydrogen-bond acceptors (Lipinski definition) is 2. The zero-order valence-corrected chi connectivity index (χ0v) is 13.8. The summed E-state index contributed by atoms with van der Waals surface area (Å²) in [5.41, 5.74) is 5.11. The third-order valence-electron chi connectivity index (χ3n) is 4.02. The van der Waals surface area contributed by atoms with Crippen molar-refractivity contribution >= 4 is 5.97 Å². The number of benzene rings is 2. The van der Waals surface area contributed by atoms with E-state index in [4.69, 9.17) is 4.74 Å². The highest BCUT2D eigenvalue weighted by atomic mass is 16.5. The summed E-state index contributed by atoms with van der Waals surface area (Å²) in [6, 6.07) is 20.5. The molecule has 0 radical (unpaired) electrons. The van der Waals surface area contributed by atoms with Crippen molar-refractivity contribution in [2.45, 2.75) is 19.8 Å². The van der Waals surface area contributed by atoms with Gasteiger partial charge in [-0.3, -0.25) is 0 Å². The normalized spacial score (nSPS) is 10.5. The maximum absolute atomic E-state index is 12.3. The van der Waals surface area contributed by atoms with Crippen LogP contribution in [0.15, 0.2) is 66.9 Å². The predicted octanol–water partition coefficient (Wildman–Crippen LogP) is 4.37. The van der Waals surface area contributed by atoms with Crippen molar-refractivity contribution in [3.63, 3.8) is 0 Å². The van der Waals surface area contributed by atoms with Crippen LogP contribution in [0.4, 0.5) is 0 Å². The van der Waals surface area contributed by atoms with E-state index >= 15 is 0 Å². The van der Waals surface area contributed by atoms with Gasteiger partial charge in [-0.1, -0.05) is 60.7 Å². The van der Waals surface area contributed by atoms with Gasteiger partial charge in [0.1, 0.15) is 5.69 Å². The molecule has 0 spiro atoms. The second-order valence-electron chi connectivity index (χ2n) is 5.71. The molecule has 3 rings (SSSR count). The van der Waals surface area contributed by atoms with E-state index in [0.717, 1.165) is 17.5 Å². The molecule has 0 amide bonds. The van der Waals surface area contributed by atoms with E-state index in [0.29, 0.717) is 18.7 Å². The summed E-state index contributed by atoms with van der Waals surface area (Å²) in [5.74, 6) is -0.289. The second-order valence-corrected chi connectivity index (χ2v) is 5.71. The van der Waals surface area contributed by atoms with Gasteiger partial charge in [-0.05, 0) is 35.6 Å². The predicted molar refractivity (Wildman–Crippen MR) is 95.2 cm³/mol. The monoisotopic (exact) mass is 319 g/mol. The molecule has 122 valence electrons. The maximum atomic E-state index is 12.3. The van der Waals surface area contributed by atoms with Gasteiger partial charge in [0.15, 0.2) is 0 Å². The zero-order chi connectivity index (χ0) is 16.8. The zero-order valence-electron chi connectivity index (χ0n) is 13.8. The van der Waals surface area contributed by atoms with Gasteiger partial charge in [0, 0.05) is 12.6 Å². The third-order valence-corrected chi connectivity index (χ3v) is 4.02. The van der Waals surface area contributed by atoms with Crippen molar-refractivity contribution in [3.05, 3.63) is 94.8 Å². The highest BCUT2D eigenvalue weighted by Crippen LogP contribution is 2.22. The first-order valence-corrected chi connectivity index (χ1v) is 8.22. The Bertz CT molecular complexity index is 791. The number of carbonyl (C=O) groups excluding carboxylic acids is 1. The smallest absolute Gasteiger partial charge is 0.355 e. The Kier molecular flexibility index (Phi) is 5.12. The van der Waals surface area contributed by atoms with Crippen molar-refractivity contribution in [3.8, 4) is 0 Å². The Hall–Kier alpha value is -2.81. The van der Waals surface area contributed by atoms with Crippen LogP contribution in [0.2, 0.25) is 0 Å². The van der Waals surface area contributed by atoms with Crippen LogP contribution in [0.1, 0.15) is 39.7 Å². The van der Waals surface area contributed by atoms with Crippen molar-refractivity contribution in [1.29, 1.82) is 0 Å². The van der Waals surface area contributed by atoms with E-state index in [1.54, 1.807) is 0 Å². The van der Waals surface area contributed by atoms with Crippen molar-refractivity contribution in [1.82, 2.24) is 4.98 Å². The SMILES string of the molecule is CCOC(=O)c1[nH]cc(Cc2ccccc2)c1Cc1ccccc1. The standard InChI is InChI=1S/C21H21NO2/c1-2-24-21(23)20-19(14-17-11-7-4-8-12-17)18(15-22-20)13-16-9-5-3-6-10-16/h3-12,15,22H,2,13-14H2,1H3. The molecule has 0 fully saturated rings. The average Bonchev–Trinajstić information content (AvgIpc) is 2.99. The molecule has 1 aromatic heterocycles. The van der Waals surface area contributed by atoms with Crippen molar-refractivity contribution in [2.75, 3.05) is 6.61 Å². The number of aromatic amines is 1. The lowest BCUT2D eigenvalue weighted by Gasteiger charge is -2.08. The van der Waals surface area contributed by atoms with Gasteiger partial charge in [-0.2, -0.15) is 0 Å². The number of nitrogens with one attached hydrogen (secondary N) is 1. The third kappa shape index (κ3) is 3.74. The van der Waals surface area contributed by atoms with E-state index in [1.165, 1.54) is 11.1 Å². The molecule has 0 aliphatic carbocycles. The number of esters is 1. The Morgan fingerprint density at radius 3 is 2.08 bits per heavy atom. The molecule has 0 saturated carbocycles. The molecule has 3 nitrogen and oxygen atoms in total. The molecule has 1 N–H and O–H groups in total. The minimum absolute atomic E-state index is 0.289. The van der Waals surface area contributed by atoms with E-state index in [1.807, 2.05) is 49.5 Å². The van der Waals surface area contributed by atoms with Gasteiger partial charge >= 0.3 is 5.97 Å². The van der Waals surface area contributed by atoms with Gasteiger partial charge in [-0.25, -0.2) is 4.79 Å². The number of aromatic nitrogens is 1. The average molecular weight is 319 g/mol. The van der Waals surface area contributed by atoms with Crippen LogP contribution in [0.25, 0.3) is 0 Å². The fourth-order valence-electron chi connectivity index (χ4n) is 2.85. The van der Waals surface area contributed by atoms with Crippen LogP contribution >= 0.6 is 0 Å². The lowest BCUT2D eigenvalue weighted by molar-refractivity contribution is 0.0519. The number of ether oxygens (including phenoxy) is 1. The number of carbonyl (C=O) groups is 1. The largest absolute Gasteiger partial charge is 0.461 e. The summed E-state index contributed by atoms with van der Waals surface area (Å²) in [6.45, 7) is 2.19. The fraction of sp³-hybridized carbons (Fsp3) is 0.190. The quantitative estimate of drug-likeness (QED) is 0.685. The molecule has 0 aliphatic heterocycles. The second kappa shape index (κ2) is 7.64. The summed E-state index contributed by atoms with van der Waals surface area (Å²) in [6.07, 6.45) is 3.43. The topological polar surface area (TPSA) is 42.1 Å². The van der Waals surface area contributed by atoms with Crippen LogP contribution in [0, 0.1) is 0 Å². The first-order chi connectivity index (χ1) is 11.8. The fourth-order valence-corrected chi connectivity index (χ4v) is 2.85. The Balaban J connectivity index is 1.94. The summed E-state index contributed by atoms with van der Waals surface area (Å²) < 4.78 is 5.20. The lowest BCUT2D eigenvalue weighted by Crippen LogP contribution is -2.09. The van der Waals surface area contributed by atoms with Crippen molar-refractivity contribution in [2.24, 2.45) is 0 Å². The molecular weight excluding hydrogens is 298 g/mol. The molecule has 0 unspecified atom stereocenters. The number of H-pyrrole nitrogens is 1. The summed E-state index contributed by atoms with van der Waals surface area (Å²) >= 11 is 0. The van der Waals surface area contributed by atoms with Crippen LogP contribution in [-0.2, 0) is 17.6 Å². The summed E-state index contributed by atoms with van der Waals surface area (Å²) in [4.78, 5) is 15.4. The molecule has 0 atom stereocenters. The van der Waals surface area contributed by atoms with Crippen LogP contribution in [0.5, 0.6) is 0 Å². The van der Waals surface area contributed by atoms with E-state index in [9.17, 15) is 4.79 Å². The van der Waals surface area contributed by atoms with Crippen LogP contribution < -0.4 is 0 Å². The molecule has 3 heteroatoms. The maximum Gasteiger partial charge on any atom is 0.355 e. The van der Waals surface area contributed by atoms with Gasteiger partial charge in [-0.15, -0.1) is 0 Å². The highest BCUT2D eigenvalue weighted by molar-refractivity contribution is 5.89. The first kappa shape index (κ1) is 16.1. The number of rotatable bonds is 6. The van der Waals surface area contributed by atoms with E-state index in [2.05, 4.69) is 29.2 Å². The molecule has 0 bridgehead atoms. The minimum Gasteiger partial charge on any atom is -0.461 e. The van der Waals surface area contributed by atoms with Crippen LogP contribution in [0.3, 0.4) is 0 Å². The Labute approximate surface area is 142 Å². The molecule has 0 aliphatic rings. The molecule has 2 aromatic carbocycles. The molecule has 1 heterocycles. The van der Waals surface area contributed by atoms with E-state index < -0.39 is 0 Å². The van der Waals surface area contributed by atoms with Gasteiger partial charge < -0.3 is 9.72 Å². The van der Waals surface area contributed by atoms with E-state index in [-0.39, 0.29) is 5.97 Å². The number of hydrogen-bond donors (Lipinski definition) is 1. The van der Waals surface area contributed by atoms with Gasteiger partial charge in [0.25, 0.3) is 0 Å². The molecule has 3 aromatic rings. The minimum atomic E-state index is -0.289. The summed E-state index contributed by atoms with van der Waals surface area (Å²) in [5, 5.41) is 0. The van der Waals surface area contributed by atoms with Crippen LogP contribution in [-0.4, -0.2) is 17.6 Å². The summed E-state index contributed by atoms with van der Waals surface area (Å²) in [7, 11) is 0.